The molecule has 2 heterocycles. The molecule has 5 aromatic rings. The van der Waals surface area contributed by atoms with Crippen molar-refractivity contribution in [3.63, 3.8) is 0 Å². The van der Waals surface area contributed by atoms with Crippen molar-refractivity contribution in [1.82, 2.24) is 19.9 Å². The van der Waals surface area contributed by atoms with Gasteiger partial charge in [0, 0.05) is 23.0 Å². The van der Waals surface area contributed by atoms with E-state index >= 15 is 0 Å². The van der Waals surface area contributed by atoms with E-state index in [1.807, 2.05) is 36.4 Å². The van der Waals surface area contributed by atoms with E-state index in [2.05, 4.69) is 40.4 Å². The van der Waals surface area contributed by atoms with Crippen molar-refractivity contribution in [2.24, 2.45) is 0 Å². The first-order valence-electron chi connectivity index (χ1n) is 11.7. The number of amides is 1. The fourth-order valence-electron chi connectivity index (χ4n) is 4.37. The molecule has 0 saturated heterocycles. The Hall–Kier alpha value is -4.17. The SMILES string of the molecule is COc1ccc2[nH]c3c(=O)n(Cc4ccc(C(=O)NCCc5cccc(C)c5)cc4)c(=S)[nH]c3c2c1. The van der Waals surface area contributed by atoms with Gasteiger partial charge in [0.2, 0.25) is 0 Å². The molecule has 0 radical (unpaired) electrons. The normalized spacial score (nSPS) is 11.2. The molecule has 0 atom stereocenters. The molecule has 182 valence electrons. The van der Waals surface area contributed by atoms with Crippen molar-refractivity contribution in [2.75, 3.05) is 13.7 Å². The first-order valence-corrected chi connectivity index (χ1v) is 12.1. The Morgan fingerprint density at radius 2 is 1.81 bits per heavy atom. The number of nitrogens with one attached hydrogen (secondary N) is 3. The number of rotatable bonds is 7. The van der Waals surface area contributed by atoms with Crippen LogP contribution in [0.4, 0.5) is 0 Å². The molecule has 0 fully saturated rings. The highest BCUT2D eigenvalue weighted by atomic mass is 32.1. The van der Waals surface area contributed by atoms with E-state index in [9.17, 15) is 9.59 Å². The van der Waals surface area contributed by atoms with Crippen molar-refractivity contribution in [2.45, 2.75) is 19.9 Å². The number of H-pyrrole nitrogens is 2. The van der Waals surface area contributed by atoms with Gasteiger partial charge in [0.15, 0.2) is 4.77 Å². The third-order valence-corrected chi connectivity index (χ3v) is 6.60. The lowest BCUT2D eigenvalue weighted by atomic mass is 10.1. The van der Waals surface area contributed by atoms with Gasteiger partial charge in [-0.2, -0.15) is 0 Å². The summed E-state index contributed by atoms with van der Waals surface area (Å²) in [5.74, 6) is 0.574. The van der Waals surface area contributed by atoms with Gasteiger partial charge < -0.3 is 20.0 Å². The highest BCUT2D eigenvalue weighted by Crippen LogP contribution is 2.26. The molecule has 2 aromatic heterocycles. The average molecular weight is 499 g/mol. The Morgan fingerprint density at radius 3 is 2.56 bits per heavy atom. The molecular formula is C28H26N4O3S. The van der Waals surface area contributed by atoms with Crippen molar-refractivity contribution in [1.29, 1.82) is 0 Å². The highest BCUT2D eigenvalue weighted by molar-refractivity contribution is 7.71. The third kappa shape index (κ3) is 4.67. The second-order valence-corrected chi connectivity index (χ2v) is 9.19. The van der Waals surface area contributed by atoms with Crippen LogP contribution in [-0.4, -0.2) is 34.1 Å². The molecule has 0 aliphatic carbocycles. The summed E-state index contributed by atoms with van der Waals surface area (Å²) in [5, 5.41) is 3.81. The van der Waals surface area contributed by atoms with Gasteiger partial charge in [0.1, 0.15) is 11.3 Å². The number of nitrogens with zero attached hydrogens (tertiary/aromatic N) is 1. The largest absolute Gasteiger partial charge is 0.497 e. The minimum Gasteiger partial charge on any atom is -0.497 e. The van der Waals surface area contributed by atoms with Gasteiger partial charge in [-0.3, -0.25) is 14.2 Å². The van der Waals surface area contributed by atoms with E-state index < -0.39 is 0 Å². The Labute approximate surface area is 212 Å². The zero-order chi connectivity index (χ0) is 25.2. The van der Waals surface area contributed by atoms with Crippen LogP contribution in [0.15, 0.2) is 71.5 Å². The summed E-state index contributed by atoms with van der Waals surface area (Å²) < 4.78 is 7.15. The molecule has 0 aliphatic heterocycles. The zero-order valence-electron chi connectivity index (χ0n) is 20.1. The number of carbonyl (C=O) groups is 1. The number of aromatic amines is 2. The number of aromatic nitrogens is 3. The Balaban J connectivity index is 1.31. The third-order valence-electron chi connectivity index (χ3n) is 6.28. The van der Waals surface area contributed by atoms with Gasteiger partial charge >= 0.3 is 0 Å². The van der Waals surface area contributed by atoms with Gasteiger partial charge in [-0.25, -0.2) is 0 Å². The summed E-state index contributed by atoms with van der Waals surface area (Å²) in [7, 11) is 1.60. The zero-order valence-corrected chi connectivity index (χ0v) is 20.9. The van der Waals surface area contributed by atoms with Crippen molar-refractivity contribution >= 4 is 40.1 Å². The topological polar surface area (TPSA) is 91.9 Å². The highest BCUT2D eigenvalue weighted by Gasteiger charge is 2.13. The summed E-state index contributed by atoms with van der Waals surface area (Å²) in [4.78, 5) is 32.2. The van der Waals surface area contributed by atoms with E-state index in [1.165, 1.54) is 15.7 Å². The maximum atomic E-state index is 13.3. The molecule has 36 heavy (non-hydrogen) atoms. The lowest BCUT2D eigenvalue weighted by Crippen LogP contribution is -2.26. The predicted octanol–water partition coefficient (Wildman–Crippen LogP) is 4.88. The maximum Gasteiger partial charge on any atom is 0.278 e. The van der Waals surface area contributed by atoms with Gasteiger partial charge in [0.25, 0.3) is 11.5 Å². The minimum absolute atomic E-state index is 0.126. The summed E-state index contributed by atoms with van der Waals surface area (Å²) in [5.41, 5.74) is 5.57. The Bertz CT molecular complexity index is 1700. The molecule has 1 amide bonds. The number of carbonyl (C=O) groups excluding carboxylic acids is 1. The number of methoxy groups -OCH3 is 1. The Kier molecular flexibility index (Phi) is 6.43. The van der Waals surface area contributed by atoms with Crippen LogP contribution in [0.5, 0.6) is 5.75 Å². The quantitative estimate of drug-likeness (QED) is 0.279. The molecule has 3 N–H and O–H groups in total. The molecule has 0 unspecified atom stereocenters. The smallest absolute Gasteiger partial charge is 0.278 e. The van der Waals surface area contributed by atoms with Crippen molar-refractivity contribution in [3.05, 3.63) is 104 Å². The first kappa shape index (κ1) is 23.6. The molecule has 8 heteroatoms. The van der Waals surface area contributed by atoms with Gasteiger partial charge in [-0.1, -0.05) is 42.0 Å². The minimum atomic E-state index is -0.207. The molecule has 3 aromatic carbocycles. The number of benzene rings is 3. The van der Waals surface area contributed by atoms with E-state index in [-0.39, 0.29) is 18.0 Å². The molecule has 0 bridgehead atoms. The molecular weight excluding hydrogens is 472 g/mol. The second-order valence-electron chi connectivity index (χ2n) is 8.80. The van der Waals surface area contributed by atoms with Crippen LogP contribution in [0.25, 0.3) is 21.9 Å². The summed E-state index contributed by atoms with van der Waals surface area (Å²) in [6, 6.07) is 21.1. The molecule has 0 saturated carbocycles. The number of fused-ring (bicyclic) bond motifs is 3. The Morgan fingerprint density at radius 1 is 1.00 bits per heavy atom. The lowest BCUT2D eigenvalue weighted by molar-refractivity contribution is 0.0954. The van der Waals surface area contributed by atoms with Crippen LogP contribution in [0.3, 0.4) is 0 Å². The molecule has 7 nitrogen and oxygen atoms in total. The second kappa shape index (κ2) is 9.83. The van der Waals surface area contributed by atoms with Gasteiger partial charge in [-0.05, 0) is 67.0 Å². The molecule has 5 rings (SSSR count). The summed E-state index contributed by atoms with van der Waals surface area (Å²) in [6.07, 6.45) is 0.773. The average Bonchev–Trinajstić information content (AvgIpc) is 3.24. The maximum absolute atomic E-state index is 13.3. The molecule has 0 aliphatic rings. The van der Waals surface area contributed by atoms with Crippen LogP contribution in [0, 0.1) is 11.7 Å². The van der Waals surface area contributed by atoms with Crippen LogP contribution in [0.2, 0.25) is 0 Å². The first-order chi connectivity index (χ1) is 17.4. The van der Waals surface area contributed by atoms with Crippen LogP contribution in [0.1, 0.15) is 27.0 Å². The van der Waals surface area contributed by atoms with Gasteiger partial charge in [0.05, 0.1) is 19.2 Å². The van der Waals surface area contributed by atoms with E-state index in [0.29, 0.717) is 33.7 Å². The van der Waals surface area contributed by atoms with Crippen molar-refractivity contribution in [3.8, 4) is 5.75 Å². The van der Waals surface area contributed by atoms with Crippen LogP contribution >= 0.6 is 12.2 Å². The number of hydrogen-bond acceptors (Lipinski definition) is 4. The number of hydrogen-bond donors (Lipinski definition) is 3. The molecule has 0 spiro atoms. The van der Waals surface area contributed by atoms with Gasteiger partial charge in [-0.15, -0.1) is 0 Å². The fraction of sp³-hybridized carbons (Fsp3) is 0.179. The predicted molar refractivity (Wildman–Crippen MR) is 145 cm³/mol. The van der Waals surface area contributed by atoms with Crippen molar-refractivity contribution < 1.29 is 9.53 Å². The van der Waals surface area contributed by atoms with Crippen LogP contribution in [-0.2, 0) is 13.0 Å². The fourth-order valence-corrected chi connectivity index (χ4v) is 4.62. The van der Waals surface area contributed by atoms with E-state index in [0.717, 1.165) is 22.9 Å². The van der Waals surface area contributed by atoms with E-state index in [4.69, 9.17) is 17.0 Å². The van der Waals surface area contributed by atoms with E-state index in [1.54, 1.807) is 19.2 Å². The standard InChI is InChI=1S/C28H26N4O3S/c1-17-4-3-5-18(14-17)12-13-29-26(33)20-8-6-19(7-9-20)16-32-27(34)25-24(31-28(32)36)22-15-21(35-2)10-11-23(22)30-25/h3-11,14-15,30H,12-13,16H2,1-2H3,(H,29,33)(H,31,36). The monoisotopic (exact) mass is 498 g/mol. The number of aryl methyl sites for hydroxylation is 1. The van der Waals surface area contributed by atoms with Crippen LogP contribution < -0.4 is 15.6 Å². The number of ether oxygens (including phenoxy) is 1. The summed E-state index contributed by atoms with van der Waals surface area (Å²) in [6.45, 7) is 2.91. The summed E-state index contributed by atoms with van der Waals surface area (Å²) >= 11 is 5.52. The lowest BCUT2D eigenvalue weighted by Gasteiger charge is -2.09.